The Hall–Kier alpha value is -3.25. The van der Waals surface area contributed by atoms with Crippen LogP contribution < -0.4 is 4.90 Å². The molecule has 0 atom stereocenters. The van der Waals surface area contributed by atoms with Gasteiger partial charge in [-0.2, -0.15) is 4.98 Å². The van der Waals surface area contributed by atoms with E-state index in [2.05, 4.69) is 15.1 Å². The fraction of sp³-hybridized carbons (Fsp3) is 0.143. The first-order chi connectivity index (χ1) is 13.5. The van der Waals surface area contributed by atoms with E-state index in [1.807, 2.05) is 50.2 Å². The largest absolute Gasteiger partial charge is 0.301 e. The maximum Gasteiger partial charge on any atom is 0.258 e. The van der Waals surface area contributed by atoms with E-state index in [1.165, 1.54) is 0 Å². The standard InChI is InChI=1S/C21H18ClN5O/c1-14-12-15(2)27-21(23-14)24-19(25-27)13-26(18-10-8-17(22)9-11-18)20(28)16-6-4-3-5-7-16/h3-12H,13H2,1-2H3. The molecule has 0 aliphatic rings. The third-order valence-electron chi connectivity index (χ3n) is 4.37. The lowest BCUT2D eigenvalue weighted by atomic mass is 10.2. The molecule has 0 unspecified atom stereocenters. The van der Waals surface area contributed by atoms with E-state index in [9.17, 15) is 4.79 Å². The summed E-state index contributed by atoms with van der Waals surface area (Å²) in [5, 5.41) is 5.14. The number of halogens is 1. The zero-order valence-corrected chi connectivity index (χ0v) is 16.3. The summed E-state index contributed by atoms with van der Waals surface area (Å²) in [5.74, 6) is 0.902. The van der Waals surface area contributed by atoms with Gasteiger partial charge in [-0.1, -0.05) is 29.8 Å². The molecular formula is C21H18ClN5O. The number of amides is 1. The van der Waals surface area contributed by atoms with Crippen LogP contribution >= 0.6 is 11.6 Å². The van der Waals surface area contributed by atoms with Crippen LogP contribution in [-0.2, 0) is 6.54 Å². The predicted octanol–water partition coefficient (Wildman–Crippen LogP) is 4.24. The summed E-state index contributed by atoms with van der Waals surface area (Å²) in [6.07, 6.45) is 0. The zero-order chi connectivity index (χ0) is 19.7. The van der Waals surface area contributed by atoms with Crippen molar-refractivity contribution in [2.45, 2.75) is 20.4 Å². The maximum atomic E-state index is 13.2. The molecule has 0 spiro atoms. The van der Waals surface area contributed by atoms with Crippen LogP contribution in [-0.4, -0.2) is 25.5 Å². The molecule has 6 nitrogen and oxygen atoms in total. The van der Waals surface area contributed by atoms with E-state index in [-0.39, 0.29) is 12.5 Å². The maximum absolute atomic E-state index is 13.2. The fourth-order valence-corrected chi connectivity index (χ4v) is 3.18. The molecular weight excluding hydrogens is 374 g/mol. The number of benzene rings is 2. The normalized spacial score (nSPS) is 11.0. The molecule has 0 fully saturated rings. The van der Waals surface area contributed by atoms with Crippen LogP contribution in [0, 0.1) is 13.8 Å². The lowest BCUT2D eigenvalue weighted by molar-refractivity contribution is 0.0984. The summed E-state index contributed by atoms with van der Waals surface area (Å²) in [4.78, 5) is 23.8. The van der Waals surface area contributed by atoms with Crippen LogP contribution in [0.5, 0.6) is 0 Å². The Morgan fingerprint density at radius 1 is 1.04 bits per heavy atom. The number of anilines is 1. The highest BCUT2D eigenvalue weighted by Gasteiger charge is 2.20. The summed E-state index contributed by atoms with van der Waals surface area (Å²) < 4.78 is 1.69. The van der Waals surface area contributed by atoms with Crippen LogP contribution in [0.1, 0.15) is 27.6 Å². The summed E-state index contributed by atoms with van der Waals surface area (Å²) in [5.41, 5.74) is 3.12. The number of aryl methyl sites for hydroxylation is 2. The summed E-state index contributed by atoms with van der Waals surface area (Å²) in [6.45, 7) is 4.09. The van der Waals surface area contributed by atoms with Crippen molar-refractivity contribution in [3.05, 3.63) is 88.5 Å². The molecule has 0 aliphatic heterocycles. The molecule has 0 N–H and O–H groups in total. The van der Waals surface area contributed by atoms with E-state index < -0.39 is 0 Å². The second-order valence-corrected chi connectivity index (χ2v) is 6.95. The van der Waals surface area contributed by atoms with E-state index in [0.29, 0.717) is 22.2 Å². The molecule has 0 aliphatic carbocycles. The smallest absolute Gasteiger partial charge is 0.258 e. The Bertz CT molecular complexity index is 1140. The quantitative estimate of drug-likeness (QED) is 0.522. The number of hydrogen-bond acceptors (Lipinski definition) is 4. The fourth-order valence-electron chi connectivity index (χ4n) is 3.05. The van der Waals surface area contributed by atoms with Crippen molar-refractivity contribution in [2.24, 2.45) is 0 Å². The molecule has 7 heteroatoms. The number of aromatic nitrogens is 4. The van der Waals surface area contributed by atoms with E-state index >= 15 is 0 Å². The second kappa shape index (κ2) is 7.40. The topological polar surface area (TPSA) is 63.4 Å². The van der Waals surface area contributed by atoms with Gasteiger partial charge in [-0.25, -0.2) is 9.50 Å². The number of hydrogen-bond donors (Lipinski definition) is 0. The first-order valence-corrected chi connectivity index (χ1v) is 9.21. The van der Waals surface area contributed by atoms with Gasteiger partial charge in [-0.15, -0.1) is 5.10 Å². The molecule has 4 rings (SSSR count). The molecule has 2 aromatic carbocycles. The van der Waals surface area contributed by atoms with Crippen LogP contribution in [0.15, 0.2) is 60.7 Å². The van der Waals surface area contributed by atoms with Crippen molar-refractivity contribution in [1.29, 1.82) is 0 Å². The van der Waals surface area contributed by atoms with Crippen molar-refractivity contribution < 1.29 is 4.79 Å². The zero-order valence-electron chi connectivity index (χ0n) is 15.5. The molecule has 1 amide bonds. The number of carbonyl (C=O) groups is 1. The summed E-state index contributed by atoms with van der Waals surface area (Å²) in [7, 11) is 0. The van der Waals surface area contributed by atoms with Gasteiger partial charge in [-0.3, -0.25) is 4.79 Å². The monoisotopic (exact) mass is 391 g/mol. The Balaban J connectivity index is 1.74. The highest BCUT2D eigenvalue weighted by Crippen LogP contribution is 2.22. The van der Waals surface area contributed by atoms with Crippen LogP contribution in [0.2, 0.25) is 5.02 Å². The van der Waals surface area contributed by atoms with Gasteiger partial charge in [0, 0.05) is 27.7 Å². The van der Waals surface area contributed by atoms with E-state index in [4.69, 9.17) is 11.6 Å². The molecule has 0 saturated carbocycles. The first-order valence-electron chi connectivity index (χ1n) is 8.83. The SMILES string of the molecule is Cc1cc(C)n2nc(CN(C(=O)c3ccccc3)c3ccc(Cl)cc3)nc2n1. The highest BCUT2D eigenvalue weighted by molar-refractivity contribution is 6.30. The summed E-state index contributed by atoms with van der Waals surface area (Å²) in [6, 6.07) is 18.2. The van der Waals surface area contributed by atoms with Gasteiger partial charge in [0.05, 0.1) is 6.54 Å². The van der Waals surface area contributed by atoms with Crippen LogP contribution in [0.25, 0.3) is 5.78 Å². The van der Waals surface area contributed by atoms with Crippen molar-refractivity contribution in [3.8, 4) is 0 Å². The number of nitrogens with zero attached hydrogens (tertiary/aromatic N) is 5. The van der Waals surface area contributed by atoms with Crippen molar-refractivity contribution in [1.82, 2.24) is 19.6 Å². The Morgan fingerprint density at radius 3 is 2.46 bits per heavy atom. The molecule has 2 heterocycles. The first kappa shape index (κ1) is 18.1. The number of rotatable bonds is 4. The Labute approximate surface area is 167 Å². The number of carbonyl (C=O) groups excluding carboxylic acids is 1. The predicted molar refractivity (Wildman–Crippen MR) is 109 cm³/mol. The van der Waals surface area contributed by atoms with E-state index in [0.717, 1.165) is 17.1 Å². The molecule has 0 bridgehead atoms. The molecule has 4 aromatic rings. The minimum absolute atomic E-state index is 0.136. The lowest BCUT2D eigenvalue weighted by Crippen LogP contribution is -2.30. The minimum atomic E-state index is -0.136. The van der Waals surface area contributed by atoms with Gasteiger partial charge in [0.1, 0.15) is 0 Å². The van der Waals surface area contributed by atoms with Crippen LogP contribution in [0.3, 0.4) is 0 Å². The molecule has 0 saturated heterocycles. The molecule has 28 heavy (non-hydrogen) atoms. The minimum Gasteiger partial charge on any atom is -0.301 e. The Morgan fingerprint density at radius 2 is 1.75 bits per heavy atom. The van der Waals surface area contributed by atoms with Crippen LogP contribution in [0.4, 0.5) is 5.69 Å². The van der Waals surface area contributed by atoms with Gasteiger partial charge in [0.2, 0.25) is 0 Å². The highest BCUT2D eigenvalue weighted by atomic mass is 35.5. The van der Waals surface area contributed by atoms with Crippen molar-refractivity contribution >= 4 is 29.0 Å². The average Bonchev–Trinajstić information content (AvgIpc) is 3.10. The number of fused-ring (bicyclic) bond motifs is 1. The molecule has 2 aromatic heterocycles. The van der Waals surface area contributed by atoms with Gasteiger partial charge < -0.3 is 4.90 Å². The third-order valence-corrected chi connectivity index (χ3v) is 4.62. The van der Waals surface area contributed by atoms with Gasteiger partial charge in [-0.05, 0) is 56.3 Å². The van der Waals surface area contributed by atoms with Gasteiger partial charge >= 0.3 is 0 Å². The lowest BCUT2D eigenvalue weighted by Gasteiger charge is -2.21. The molecule has 0 radical (unpaired) electrons. The Kier molecular flexibility index (Phi) is 4.79. The summed E-state index contributed by atoms with van der Waals surface area (Å²) >= 11 is 6.02. The van der Waals surface area contributed by atoms with Gasteiger partial charge in [0.25, 0.3) is 11.7 Å². The third kappa shape index (κ3) is 3.59. The second-order valence-electron chi connectivity index (χ2n) is 6.51. The van der Waals surface area contributed by atoms with Gasteiger partial charge in [0.15, 0.2) is 5.82 Å². The van der Waals surface area contributed by atoms with E-state index in [1.54, 1.807) is 33.7 Å². The molecule has 140 valence electrons. The average molecular weight is 392 g/mol. The van der Waals surface area contributed by atoms with Crippen molar-refractivity contribution in [2.75, 3.05) is 4.90 Å². The van der Waals surface area contributed by atoms with Crippen molar-refractivity contribution in [3.63, 3.8) is 0 Å².